The molecule has 8 heteroatoms. The summed E-state index contributed by atoms with van der Waals surface area (Å²) in [7, 11) is -3.75. The average Bonchev–Trinajstić information content (AvgIpc) is 3.32. The second kappa shape index (κ2) is 6.36. The zero-order valence-electron chi connectivity index (χ0n) is 15.7. The van der Waals surface area contributed by atoms with Crippen molar-refractivity contribution in [2.24, 2.45) is 16.6 Å². The van der Waals surface area contributed by atoms with Crippen LogP contribution in [0.3, 0.4) is 0 Å². The normalized spacial score (nSPS) is 26.5. The van der Waals surface area contributed by atoms with Gasteiger partial charge in [-0.05, 0) is 57.2 Å². The highest BCUT2D eigenvalue weighted by Gasteiger charge is 2.49. The van der Waals surface area contributed by atoms with Crippen LogP contribution >= 0.6 is 0 Å². The second-order valence-electron chi connectivity index (χ2n) is 8.34. The number of nitrogens with two attached hydrogens (primary N) is 1. The maximum atomic E-state index is 14.6. The van der Waals surface area contributed by atoms with Gasteiger partial charge in [-0.3, -0.25) is 9.79 Å². The molecule has 0 saturated heterocycles. The van der Waals surface area contributed by atoms with E-state index in [-0.39, 0.29) is 23.6 Å². The summed E-state index contributed by atoms with van der Waals surface area (Å²) in [5.74, 6) is -2.58. The molecule has 0 amide bonds. The van der Waals surface area contributed by atoms with Crippen molar-refractivity contribution >= 4 is 21.5 Å². The van der Waals surface area contributed by atoms with E-state index in [1.54, 1.807) is 0 Å². The molecule has 0 unspecified atom stereocenters. The first-order valence-corrected chi connectivity index (χ1v) is 10.6. The van der Waals surface area contributed by atoms with Crippen LogP contribution in [0.1, 0.15) is 51.2 Å². The Balaban J connectivity index is 2.02. The van der Waals surface area contributed by atoms with Gasteiger partial charge in [0.1, 0.15) is 21.9 Å². The molecule has 1 saturated carbocycles. The van der Waals surface area contributed by atoms with Gasteiger partial charge in [-0.2, -0.15) is 0 Å². The monoisotopic (exact) mass is 398 g/mol. The number of aliphatic imine (C=N–C) groups is 1. The predicted octanol–water partition coefficient (Wildman–Crippen LogP) is 2.66. The smallest absolute Gasteiger partial charge is 0.165 e. The van der Waals surface area contributed by atoms with Crippen LogP contribution in [0.4, 0.5) is 8.78 Å². The van der Waals surface area contributed by atoms with Crippen molar-refractivity contribution in [2.75, 3.05) is 5.75 Å². The number of rotatable bonds is 5. The Bertz CT molecular complexity index is 937. The van der Waals surface area contributed by atoms with Crippen LogP contribution in [0.25, 0.3) is 0 Å². The van der Waals surface area contributed by atoms with E-state index in [9.17, 15) is 22.0 Å². The molecular weight excluding hydrogens is 374 g/mol. The minimum atomic E-state index is -3.75. The number of sulfone groups is 1. The van der Waals surface area contributed by atoms with Crippen LogP contribution in [-0.4, -0.2) is 30.5 Å². The Morgan fingerprint density at radius 2 is 1.89 bits per heavy atom. The number of Topliss-reactive ketones (excluding diaryl/α,β-unsaturated/α-hetero) is 1. The molecule has 0 bridgehead atoms. The van der Waals surface area contributed by atoms with Gasteiger partial charge in [0.05, 0.1) is 5.75 Å². The van der Waals surface area contributed by atoms with Gasteiger partial charge in [-0.1, -0.05) is 0 Å². The molecule has 3 rings (SSSR count). The van der Waals surface area contributed by atoms with Crippen LogP contribution in [0.15, 0.2) is 17.1 Å². The maximum absolute atomic E-state index is 14.6. The topological polar surface area (TPSA) is 89.6 Å². The third kappa shape index (κ3) is 3.63. The first-order chi connectivity index (χ1) is 12.4. The lowest BCUT2D eigenvalue weighted by Crippen LogP contribution is -2.55. The predicted molar refractivity (Wildman–Crippen MR) is 99.3 cm³/mol. The van der Waals surface area contributed by atoms with Gasteiger partial charge in [0, 0.05) is 18.4 Å². The maximum Gasteiger partial charge on any atom is 0.165 e. The summed E-state index contributed by atoms with van der Waals surface area (Å²) < 4.78 is 52.7. The highest BCUT2D eigenvalue weighted by molar-refractivity contribution is 7.93. The number of ketones is 1. The molecule has 27 heavy (non-hydrogen) atoms. The minimum Gasteiger partial charge on any atom is -0.386 e. The van der Waals surface area contributed by atoms with Gasteiger partial charge >= 0.3 is 0 Å². The quantitative estimate of drug-likeness (QED) is 0.826. The summed E-state index contributed by atoms with van der Waals surface area (Å²) in [5, 5.41) is 0. The van der Waals surface area contributed by atoms with Crippen molar-refractivity contribution in [3.63, 3.8) is 0 Å². The fourth-order valence-corrected chi connectivity index (χ4v) is 5.05. The Kier molecular flexibility index (Phi) is 4.69. The summed E-state index contributed by atoms with van der Waals surface area (Å²) in [4.78, 5) is 16.3. The standard InChI is InChI=1S/C19H24F2N2O3S/c1-18(2)17(22)23-19(3,10-27(18,25)26)14-8-12(9-15(20)16(14)21)7-13(24)6-11-4-5-11/h8-9,11H,4-7,10H2,1-3H3,(H2,22,23)/t19-/m0/s1. The summed E-state index contributed by atoms with van der Waals surface area (Å²) in [6.45, 7) is 4.29. The Morgan fingerprint density at radius 3 is 2.44 bits per heavy atom. The van der Waals surface area contributed by atoms with E-state index in [2.05, 4.69) is 4.99 Å². The minimum absolute atomic E-state index is 0.0196. The molecule has 0 aromatic heterocycles. The van der Waals surface area contributed by atoms with E-state index >= 15 is 0 Å². The van der Waals surface area contributed by atoms with Crippen molar-refractivity contribution in [3.05, 3.63) is 34.9 Å². The van der Waals surface area contributed by atoms with Crippen LogP contribution < -0.4 is 5.73 Å². The summed E-state index contributed by atoms with van der Waals surface area (Å²) in [5.41, 5.74) is 4.43. The molecular formula is C19H24F2N2O3S. The van der Waals surface area contributed by atoms with Gasteiger partial charge in [0.2, 0.25) is 0 Å². The number of halogens is 2. The Labute approximate surface area is 158 Å². The van der Waals surface area contributed by atoms with Crippen molar-refractivity contribution in [1.29, 1.82) is 0 Å². The zero-order chi connectivity index (χ0) is 20.2. The second-order valence-corrected chi connectivity index (χ2v) is 10.9. The third-order valence-corrected chi connectivity index (χ3v) is 8.22. The first-order valence-electron chi connectivity index (χ1n) is 8.94. The van der Waals surface area contributed by atoms with E-state index in [0.29, 0.717) is 17.9 Å². The highest BCUT2D eigenvalue weighted by Crippen LogP contribution is 2.39. The highest BCUT2D eigenvalue weighted by atomic mass is 32.2. The van der Waals surface area contributed by atoms with Gasteiger partial charge in [-0.25, -0.2) is 17.2 Å². The number of benzene rings is 1. The molecule has 148 valence electrons. The molecule has 1 heterocycles. The Morgan fingerprint density at radius 1 is 1.26 bits per heavy atom. The van der Waals surface area contributed by atoms with Gasteiger partial charge in [-0.15, -0.1) is 0 Å². The van der Waals surface area contributed by atoms with Gasteiger partial charge in [0.15, 0.2) is 21.5 Å². The van der Waals surface area contributed by atoms with E-state index < -0.39 is 37.5 Å². The number of nitrogens with zero attached hydrogens (tertiary/aromatic N) is 1. The van der Waals surface area contributed by atoms with Crippen LogP contribution in [0.5, 0.6) is 0 Å². The molecule has 1 aliphatic heterocycles. The van der Waals surface area contributed by atoms with Crippen molar-refractivity contribution in [2.45, 2.75) is 56.7 Å². The van der Waals surface area contributed by atoms with Gasteiger partial charge in [0.25, 0.3) is 0 Å². The van der Waals surface area contributed by atoms with Gasteiger partial charge < -0.3 is 5.73 Å². The number of carbonyl (C=O) groups is 1. The summed E-state index contributed by atoms with van der Waals surface area (Å²) >= 11 is 0. The largest absolute Gasteiger partial charge is 0.386 e. The lowest BCUT2D eigenvalue weighted by Gasteiger charge is -2.38. The van der Waals surface area contributed by atoms with E-state index in [1.165, 1.54) is 26.8 Å². The molecule has 0 radical (unpaired) electrons. The number of carbonyl (C=O) groups excluding carboxylic acids is 1. The molecule has 1 aromatic carbocycles. The third-order valence-electron chi connectivity index (χ3n) is 5.52. The molecule has 2 N–H and O–H groups in total. The van der Waals surface area contributed by atoms with Crippen molar-refractivity contribution in [1.82, 2.24) is 0 Å². The van der Waals surface area contributed by atoms with E-state index in [1.807, 2.05) is 0 Å². The molecule has 5 nitrogen and oxygen atoms in total. The zero-order valence-corrected chi connectivity index (χ0v) is 16.5. The molecule has 1 aromatic rings. The molecule has 0 spiro atoms. The summed E-state index contributed by atoms with van der Waals surface area (Å²) in [6.07, 6.45) is 2.45. The first kappa shape index (κ1) is 19.9. The lowest BCUT2D eigenvalue weighted by atomic mass is 9.90. The SMILES string of the molecule is CC1(C)C(N)=N[C@](C)(c2cc(CC(=O)CC3CC3)cc(F)c2F)CS1(=O)=O. The van der Waals surface area contributed by atoms with E-state index in [4.69, 9.17) is 5.73 Å². The number of hydrogen-bond donors (Lipinski definition) is 1. The Hall–Kier alpha value is -1.83. The molecule has 1 atom stereocenters. The van der Waals surface area contributed by atoms with Crippen molar-refractivity contribution in [3.8, 4) is 0 Å². The average molecular weight is 398 g/mol. The molecule has 2 aliphatic rings. The van der Waals surface area contributed by atoms with E-state index in [0.717, 1.165) is 18.9 Å². The molecule has 1 fully saturated rings. The summed E-state index contributed by atoms with van der Waals surface area (Å²) in [6, 6.07) is 2.33. The fourth-order valence-electron chi connectivity index (χ4n) is 3.36. The van der Waals surface area contributed by atoms with Crippen LogP contribution in [0.2, 0.25) is 0 Å². The van der Waals surface area contributed by atoms with Crippen LogP contribution in [0, 0.1) is 17.6 Å². The number of amidine groups is 1. The molecule has 1 aliphatic carbocycles. The fraction of sp³-hybridized carbons (Fsp3) is 0.579. The van der Waals surface area contributed by atoms with Crippen LogP contribution in [-0.2, 0) is 26.6 Å². The lowest BCUT2D eigenvalue weighted by molar-refractivity contribution is -0.118. The number of hydrogen-bond acceptors (Lipinski definition) is 5. The van der Waals surface area contributed by atoms with Crippen molar-refractivity contribution < 1.29 is 22.0 Å².